The molecule has 1 atom stereocenters. The third-order valence-corrected chi connectivity index (χ3v) is 3.56. The molecular formula is C12H25ClN2O. The third kappa shape index (κ3) is 4.30. The highest BCUT2D eigenvalue weighted by Crippen LogP contribution is 2.27. The molecule has 2 N–H and O–H groups in total. The van der Waals surface area contributed by atoms with Crippen LogP contribution in [-0.4, -0.2) is 30.4 Å². The van der Waals surface area contributed by atoms with Crippen LogP contribution in [0.3, 0.4) is 0 Å². The van der Waals surface area contributed by atoms with Gasteiger partial charge < -0.3 is 10.6 Å². The molecule has 1 unspecified atom stereocenters. The summed E-state index contributed by atoms with van der Waals surface area (Å²) < 4.78 is 0. The molecule has 1 fully saturated rings. The summed E-state index contributed by atoms with van der Waals surface area (Å²) in [5.74, 6) is 0.830. The second kappa shape index (κ2) is 6.45. The van der Waals surface area contributed by atoms with Crippen LogP contribution in [0, 0.1) is 11.3 Å². The largest absolute Gasteiger partial charge is 0.342 e. The Morgan fingerprint density at radius 3 is 2.56 bits per heavy atom. The van der Waals surface area contributed by atoms with Crippen molar-refractivity contribution in [3.63, 3.8) is 0 Å². The number of hydrogen-bond acceptors (Lipinski definition) is 2. The quantitative estimate of drug-likeness (QED) is 0.828. The van der Waals surface area contributed by atoms with Crippen molar-refractivity contribution in [1.82, 2.24) is 4.90 Å². The third-order valence-electron chi connectivity index (χ3n) is 3.56. The van der Waals surface area contributed by atoms with Crippen molar-refractivity contribution in [2.24, 2.45) is 17.1 Å². The Labute approximate surface area is 105 Å². The Morgan fingerprint density at radius 1 is 1.50 bits per heavy atom. The van der Waals surface area contributed by atoms with Gasteiger partial charge >= 0.3 is 0 Å². The lowest BCUT2D eigenvalue weighted by Gasteiger charge is -2.25. The lowest BCUT2D eigenvalue weighted by Crippen LogP contribution is -2.33. The van der Waals surface area contributed by atoms with E-state index in [2.05, 4.69) is 20.8 Å². The monoisotopic (exact) mass is 248 g/mol. The lowest BCUT2D eigenvalue weighted by atomic mass is 9.86. The zero-order valence-corrected chi connectivity index (χ0v) is 11.5. The van der Waals surface area contributed by atoms with Gasteiger partial charge in [-0.25, -0.2) is 0 Å². The summed E-state index contributed by atoms with van der Waals surface area (Å²) in [6.45, 7) is 8.93. The first-order valence-corrected chi connectivity index (χ1v) is 5.96. The van der Waals surface area contributed by atoms with Crippen LogP contribution < -0.4 is 5.73 Å². The predicted molar refractivity (Wildman–Crippen MR) is 69.7 cm³/mol. The zero-order valence-electron chi connectivity index (χ0n) is 10.7. The first kappa shape index (κ1) is 15.7. The number of amides is 1. The van der Waals surface area contributed by atoms with Crippen molar-refractivity contribution in [2.75, 3.05) is 19.6 Å². The van der Waals surface area contributed by atoms with Crippen molar-refractivity contribution in [2.45, 2.75) is 40.0 Å². The number of hydrogen-bond donors (Lipinski definition) is 1. The first-order chi connectivity index (χ1) is 6.98. The van der Waals surface area contributed by atoms with Gasteiger partial charge in [-0.05, 0) is 24.3 Å². The number of carbonyl (C=O) groups excluding carboxylic acids is 1. The topological polar surface area (TPSA) is 46.3 Å². The number of rotatable bonds is 4. The number of likely N-dealkylation sites (tertiary alicyclic amines) is 1. The van der Waals surface area contributed by atoms with E-state index in [1.165, 1.54) is 0 Å². The van der Waals surface area contributed by atoms with Crippen molar-refractivity contribution < 1.29 is 4.79 Å². The molecule has 1 heterocycles. The van der Waals surface area contributed by atoms with Gasteiger partial charge in [0.1, 0.15) is 0 Å². The average Bonchev–Trinajstić information content (AvgIpc) is 2.65. The maximum Gasteiger partial charge on any atom is 0.223 e. The van der Waals surface area contributed by atoms with E-state index < -0.39 is 0 Å². The van der Waals surface area contributed by atoms with Crippen molar-refractivity contribution in [1.29, 1.82) is 0 Å². The predicted octanol–water partition coefficient (Wildman–Crippen LogP) is 2.04. The van der Waals surface area contributed by atoms with E-state index in [1.54, 1.807) is 0 Å². The van der Waals surface area contributed by atoms with Crippen LogP contribution >= 0.6 is 12.4 Å². The number of carbonyl (C=O) groups is 1. The molecule has 0 saturated carbocycles. The molecule has 0 radical (unpaired) electrons. The summed E-state index contributed by atoms with van der Waals surface area (Å²) in [5.41, 5.74) is 5.75. The van der Waals surface area contributed by atoms with Crippen molar-refractivity contribution >= 4 is 18.3 Å². The molecule has 0 spiro atoms. The molecule has 1 rings (SSSR count). The number of halogens is 1. The Bertz CT molecular complexity index is 231. The van der Waals surface area contributed by atoms with Crippen LogP contribution in [0.1, 0.15) is 40.0 Å². The Balaban J connectivity index is 0.00000225. The maximum absolute atomic E-state index is 12.0. The normalized spacial score (nSPS) is 20.8. The van der Waals surface area contributed by atoms with Gasteiger partial charge in [0, 0.05) is 19.5 Å². The zero-order chi connectivity index (χ0) is 11.5. The standard InChI is InChI=1S/C12H24N2O.ClH/c1-4-12(2,3)7-11(15)14-6-5-10(8-13)9-14;/h10H,4-9,13H2,1-3H3;1H. The average molecular weight is 249 g/mol. The van der Waals surface area contributed by atoms with Gasteiger partial charge in [-0.15, -0.1) is 12.4 Å². The summed E-state index contributed by atoms with van der Waals surface area (Å²) in [4.78, 5) is 13.9. The summed E-state index contributed by atoms with van der Waals surface area (Å²) in [6.07, 6.45) is 2.79. The fourth-order valence-electron chi connectivity index (χ4n) is 1.90. The summed E-state index contributed by atoms with van der Waals surface area (Å²) >= 11 is 0. The van der Waals surface area contributed by atoms with Gasteiger partial charge in [-0.1, -0.05) is 27.2 Å². The molecule has 96 valence electrons. The van der Waals surface area contributed by atoms with Gasteiger partial charge in [0.05, 0.1) is 0 Å². The molecule has 1 saturated heterocycles. The van der Waals surface area contributed by atoms with E-state index in [0.29, 0.717) is 24.8 Å². The Morgan fingerprint density at radius 2 is 2.12 bits per heavy atom. The SMILES string of the molecule is CCC(C)(C)CC(=O)N1CCC(CN)C1.Cl. The van der Waals surface area contributed by atoms with E-state index in [4.69, 9.17) is 5.73 Å². The highest BCUT2D eigenvalue weighted by atomic mass is 35.5. The van der Waals surface area contributed by atoms with Gasteiger partial charge in [-0.2, -0.15) is 0 Å². The van der Waals surface area contributed by atoms with Gasteiger partial charge in [0.2, 0.25) is 5.91 Å². The smallest absolute Gasteiger partial charge is 0.223 e. The first-order valence-electron chi connectivity index (χ1n) is 5.96. The van der Waals surface area contributed by atoms with Crippen LogP contribution in [0.2, 0.25) is 0 Å². The molecule has 0 aromatic rings. The van der Waals surface area contributed by atoms with Crippen molar-refractivity contribution in [3.8, 4) is 0 Å². The fourth-order valence-corrected chi connectivity index (χ4v) is 1.90. The molecule has 1 aliphatic rings. The van der Waals surface area contributed by atoms with Crippen LogP contribution in [0.25, 0.3) is 0 Å². The highest BCUT2D eigenvalue weighted by molar-refractivity contribution is 5.85. The molecule has 0 aliphatic carbocycles. The maximum atomic E-state index is 12.0. The highest BCUT2D eigenvalue weighted by Gasteiger charge is 2.28. The number of nitrogens with two attached hydrogens (primary N) is 1. The van der Waals surface area contributed by atoms with E-state index in [0.717, 1.165) is 25.9 Å². The molecule has 0 aromatic carbocycles. The summed E-state index contributed by atoms with van der Waals surface area (Å²) in [5, 5.41) is 0. The molecular weight excluding hydrogens is 224 g/mol. The van der Waals surface area contributed by atoms with E-state index in [-0.39, 0.29) is 17.8 Å². The van der Waals surface area contributed by atoms with Crippen LogP contribution in [-0.2, 0) is 4.79 Å². The van der Waals surface area contributed by atoms with Crippen LogP contribution in [0.4, 0.5) is 0 Å². The molecule has 4 heteroatoms. The van der Waals surface area contributed by atoms with Gasteiger partial charge in [0.25, 0.3) is 0 Å². The minimum absolute atomic E-state index is 0. The van der Waals surface area contributed by atoms with E-state index in [1.807, 2.05) is 4.90 Å². The second-order valence-electron chi connectivity index (χ2n) is 5.42. The molecule has 0 bridgehead atoms. The molecule has 3 nitrogen and oxygen atoms in total. The summed E-state index contributed by atoms with van der Waals surface area (Å²) in [6, 6.07) is 0. The Kier molecular flexibility index (Phi) is 6.34. The second-order valence-corrected chi connectivity index (χ2v) is 5.42. The van der Waals surface area contributed by atoms with E-state index in [9.17, 15) is 4.79 Å². The Hall–Kier alpha value is -0.280. The molecule has 16 heavy (non-hydrogen) atoms. The van der Waals surface area contributed by atoms with Gasteiger partial charge in [-0.3, -0.25) is 4.79 Å². The van der Waals surface area contributed by atoms with Gasteiger partial charge in [0.15, 0.2) is 0 Å². The molecule has 1 aliphatic heterocycles. The van der Waals surface area contributed by atoms with Crippen molar-refractivity contribution in [3.05, 3.63) is 0 Å². The fraction of sp³-hybridized carbons (Fsp3) is 0.917. The minimum Gasteiger partial charge on any atom is -0.342 e. The van der Waals surface area contributed by atoms with Crippen LogP contribution in [0.5, 0.6) is 0 Å². The van der Waals surface area contributed by atoms with E-state index >= 15 is 0 Å². The number of nitrogens with zero attached hydrogens (tertiary/aromatic N) is 1. The summed E-state index contributed by atoms with van der Waals surface area (Å²) in [7, 11) is 0. The lowest BCUT2D eigenvalue weighted by molar-refractivity contribution is -0.132. The molecule has 1 amide bonds. The van der Waals surface area contributed by atoms with Crippen LogP contribution in [0.15, 0.2) is 0 Å². The molecule has 0 aromatic heterocycles. The minimum atomic E-state index is 0.